The van der Waals surface area contributed by atoms with Crippen LogP contribution in [-0.2, 0) is 0 Å². The molecule has 2 fully saturated rings. The molecular formula is C14H27NO. The van der Waals surface area contributed by atoms with Crippen molar-refractivity contribution in [2.45, 2.75) is 58.0 Å². The molecule has 16 heavy (non-hydrogen) atoms. The minimum absolute atomic E-state index is 0.0593. The van der Waals surface area contributed by atoms with Crippen LogP contribution in [0.3, 0.4) is 0 Å². The van der Waals surface area contributed by atoms with Gasteiger partial charge in [-0.2, -0.15) is 0 Å². The van der Waals surface area contributed by atoms with Gasteiger partial charge in [-0.1, -0.05) is 19.8 Å². The fourth-order valence-corrected chi connectivity index (χ4v) is 3.26. The monoisotopic (exact) mass is 225 g/mol. The molecule has 2 rings (SSSR count). The maximum atomic E-state index is 10.2. The Kier molecular flexibility index (Phi) is 4.66. The van der Waals surface area contributed by atoms with Crippen LogP contribution in [0.5, 0.6) is 0 Å². The van der Waals surface area contributed by atoms with E-state index in [0.29, 0.717) is 5.92 Å². The van der Waals surface area contributed by atoms with Gasteiger partial charge in [-0.3, -0.25) is 0 Å². The molecule has 0 radical (unpaired) electrons. The molecule has 1 saturated heterocycles. The van der Waals surface area contributed by atoms with Gasteiger partial charge in [-0.05, 0) is 57.0 Å². The summed E-state index contributed by atoms with van der Waals surface area (Å²) < 4.78 is 0. The van der Waals surface area contributed by atoms with Crippen molar-refractivity contribution in [1.29, 1.82) is 0 Å². The third-order valence-corrected chi connectivity index (χ3v) is 4.50. The van der Waals surface area contributed by atoms with Gasteiger partial charge >= 0.3 is 0 Å². The molecule has 94 valence electrons. The van der Waals surface area contributed by atoms with Gasteiger partial charge in [-0.25, -0.2) is 0 Å². The van der Waals surface area contributed by atoms with Crippen molar-refractivity contribution in [2.75, 3.05) is 19.6 Å². The van der Waals surface area contributed by atoms with E-state index in [2.05, 4.69) is 11.8 Å². The molecule has 0 aromatic carbocycles. The van der Waals surface area contributed by atoms with E-state index in [1.54, 1.807) is 0 Å². The molecule has 2 unspecified atom stereocenters. The standard InChI is InChI=1S/C14H27NO/c1-12-5-4-9-15(10-8-12)11-14(16)13-6-2-3-7-13/h12-14,16H,2-11H2,1H3. The Bertz CT molecular complexity index is 201. The Morgan fingerprint density at radius 2 is 1.81 bits per heavy atom. The van der Waals surface area contributed by atoms with Crippen molar-refractivity contribution >= 4 is 0 Å². The second-order valence-electron chi connectivity index (χ2n) is 5.95. The molecule has 0 aromatic heterocycles. The normalized spacial score (nSPS) is 31.5. The third-order valence-electron chi connectivity index (χ3n) is 4.50. The second-order valence-corrected chi connectivity index (χ2v) is 5.95. The predicted octanol–water partition coefficient (Wildman–Crippen LogP) is 2.66. The summed E-state index contributed by atoms with van der Waals surface area (Å²) in [5.41, 5.74) is 0. The highest BCUT2D eigenvalue weighted by Gasteiger charge is 2.25. The van der Waals surface area contributed by atoms with Crippen LogP contribution in [0.15, 0.2) is 0 Å². The van der Waals surface area contributed by atoms with Crippen LogP contribution in [-0.4, -0.2) is 35.7 Å². The molecule has 1 heterocycles. The van der Waals surface area contributed by atoms with E-state index >= 15 is 0 Å². The van der Waals surface area contributed by atoms with Crippen molar-refractivity contribution in [3.8, 4) is 0 Å². The zero-order valence-electron chi connectivity index (χ0n) is 10.7. The summed E-state index contributed by atoms with van der Waals surface area (Å²) in [6.45, 7) is 5.69. The van der Waals surface area contributed by atoms with Crippen molar-refractivity contribution in [2.24, 2.45) is 11.8 Å². The highest BCUT2D eigenvalue weighted by atomic mass is 16.3. The number of hydrogen-bond donors (Lipinski definition) is 1. The molecule has 1 N–H and O–H groups in total. The Labute approximate surface area is 100 Å². The maximum Gasteiger partial charge on any atom is 0.0695 e. The minimum atomic E-state index is -0.0593. The van der Waals surface area contributed by atoms with E-state index in [1.807, 2.05) is 0 Å². The number of nitrogens with zero attached hydrogens (tertiary/aromatic N) is 1. The molecule has 0 aromatic rings. The SMILES string of the molecule is CC1CCCN(CC(O)C2CCCC2)CC1. The van der Waals surface area contributed by atoms with Crippen LogP contribution in [0, 0.1) is 11.8 Å². The summed E-state index contributed by atoms with van der Waals surface area (Å²) in [6, 6.07) is 0. The lowest BCUT2D eigenvalue weighted by molar-refractivity contribution is 0.0666. The highest BCUT2D eigenvalue weighted by Crippen LogP contribution is 2.28. The van der Waals surface area contributed by atoms with Crippen LogP contribution < -0.4 is 0 Å². The summed E-state index contributed by atoms with van der Waals surface area (Å²) in [7, 11) is 0. The number of aliphatic hydroxyl groups excluding tert-OH is 1. The summed E-state index contributed by atoms with van der Waals surface area (Å²) in [4.78, 5) is 2.49. The Morgan fingerprint density at radius 3 is 2.56 bits per heavy atom. The minimum Gasteiger partial charge on any atom is -0.392 e. The second kappa shape index (κ2) is 6.02. The Morgan fingerprint density at radius 1 is 1.06 bits per heavy atom. The number of hydrogen-bond acceptors (Lipinski definition) is 2. The van der Waals surface area contributed by atoms with Crippen LogP contribution in [0.2, 0.25) is 0 Å². The largest absolute Gasteiger partial charge is 0.392 e. The molecule has 2 aliphatic rings. The van der Waals surface area contributed by atoms with Gasteiger partial charge in [0.2, 0.25) is 0 Å². The van der Waals surface area contributed by atoms with E-state index in [9.17, 15) is 5.11 Å². The average Bonchev–Trinajstić information content (AvgIpc) is 2.72. The molecular weight excluding hydrogens is 198 g/mol. The van der Waals surface area contributed by atoms with Gasteiger partial charge < -0.3 is 10.0 Å². The van der Waals surface area contributed by atoms with E-state index in [1.165, 1.54) is 58.0 Å². The third kappa shape index (κ3) is 3.46. The number of β-amino-alcohol motifs (C(OH)–C–C–N with tert-alkyl or cyclic N) is 1. The van der Waals surface area contributed by atoms with E-state index in [4.69, 9.17) is 0 Å². The molecule has 1 aliphatic carbocycles. The lowest BCUT2D eigenvalue weighted by atomic mass is 10.0. The molecule has 0 spiro atoms. The first-order valence-electron chi connectivity index (χ1n) is 7.16. The molecule has 1 aliphatic heterocycles. The molecule has 2 nitrogen and oxygen atoms in total. The molecule has 1 saturated carbocycles. The summed E-state index contributed by atoms with van der Waals surface area (Å²) in [5, 5.41) is 10.2. The summed E-state index contributed by atoms with van der Waals surface area (Å²) >= 11 is 0. The van der Waals surface area contributed by atoms with Gasteiger partial charge in [0.25, 0.3) is 0 Å². The zero-order valence-corrected chi connectivity index (χ0v) is 10.7. The van der Waals surface area contributed by atoms with E-state index in [-0.39, 0.29) is 6.10 Å². The lowest BCUT2D eigenvalue weighted by Crippen LogP contribution is -2.36. The van der Waals surface area contributed by atoms with Gasteiger partial charge in [-0.15, -0.1) is 0 Å². The summed E-state index contributed by atoms with van der Waals surface area (Å²) in [6.07, 6.45) is 9.12. The van der Waals surface area contributed by atoms with Gasteiger partial charge in [0.15, 0.2) is 0 Å². The topological polar surface area (TPSA) is 23.5 Å². The van der Waals surface area contributed by atoms with Crippen molar-refractivity contribution in [3.63, 3.8) is 0 Å². The first kappa shape index (κ1) is 12.4. The van der Waals surface area contributed by atoms with Crippen molar-refractivity contribution in [1.82, 2.24) is 4.90 Å². The number of aliphatic hydroxyl groups is 1. The predicted molar refractivity (Wildman–Crippen MR) is 67.4 cm³/mol. The fraction of sp³-hybridized carbons (Fsp3) is 1.00. The van der Waals surface area contributed by atoms with Gasteiger partial charge in [0.05, 0.1) is 6.10 Å². The van der Waals surface area contributed by atoms with Crippen LogP contribution in [0.4, 0.5) is 0 Å². The molecule has 0 amide bonds. The van der Waals surface area contributed by atoms with Crippen LogP contribution >= 0.6 is 0 Å². The molecule has 0 bridgehead atoms. The quantitative estimate of drug-likeness (QED) is 0.798. The van der Waals surface area contributed by atoms with Crippen LogP contribution in [0.25, 0.3) is 0 Å². The van der Waals surface area contributed by atoms with E-state index in [0.717, 1.165) is 12.5 Å². The first-order chi connectivity index (χ1) is 7.75. The summed E-state index contributed by atoms with van der Waals surface area (Å²) in [5.74, 6) is 1.48. The Balaban J connectivity index is 1.74. The number of likely N-dealkylation sites (tertiary alicyclic amines) is 1. The van der Waals surface area contributed by atoms with Crippen molar-refractivity contribution in [3.05, 3.63) is 0 Å². The highest BCUT2D eigenvalue weighted by molar-refractivity contribution is 4.78. The zero-order chi connectivity index (χ0) is 11.4. The number of rotatable bonds is 3. The lowest BCUT2D eigenvalue weighted by Gasteiger charge is -2.26. The van der Waals surface area contributed by atoms with Gasteiger partial charge in [0, 0.05) is 6.54 Å². The smallest absolute Gasteiger partial charge is 0.0695 e. The van der Waals surface area contributed by atoms with Crippen molar-refractivity contribution < 1.29 is 5.11 Å². The van der Waals surface area contributed by atoms with E-state index < -0.39 is 0 Å². The first-order valence-corrected chi connectivity index (χ1v) is 7.16. The van der Waals surface area contributed by atoms with Gasteiger partial charge in [0.1, 0.15) is 0 Å². The van der Waals surface area contributed by atoms with Crippen LogP contribution in [0.1, 0.15) is 51.9 Å². The average molecular weight is 225 g/mol. The Hall–Kier alpha value is -0.0800. The molecule has 2 heteroatoms. The fourth-order valence-electron chi connectivity index (χ4n) is 3.26. The maximum absolute atomic E-state index is 10.2. The molecule has 2 atom stereocenters.